The number of hydrogen-bond donors (Lipinski definition) is 2. The van der Waals surface area contributed by atoms with Crippen molar-refractivity contribution in [1.29, 1.82) is 0 Å². The monoisotopic (exact) mass is 378 g/mol. The van der Waals surface area contributed by atoms with Gasteiger partial charge in [-0.05, 0) is 48.7 Å². The standard InChI is InChI=1S/C21H18N2O3S/c1-27-18-11-5-9-16(13-18)22-21(25)19(14-17-10-6-12-26-17)23-20(24)15-7-3-2-4-8-15/h2-14H,1H3,(H,22,25)(H,23,24). The Balaban J connectivity index is 1.83. The van der Waals surface area contributed by atoms with Crippen LogP contribution in [-0.2, 0) is 4.79 Å². The topological polar surface area (TPSA) is 71.3 Å². The van der Waals surface area contributed by atoms with Crippen LogP contribution >= 0.6 is 11.8 Å². The molecule has 3 rings (SSSR count). The van der Waals surface area contributed by atoms with Gasteiger partial charge in [0, 0.05) is 22.2 Å². The second kappa shape index (κ2) is 8.91. The Morgan fingerprint density at radius 2 is 1.81 bits per heavy atom. The number of thioether (sulfide) groups is 1. The fraction of sp³-hybridized carbons (Fsp3) is 0.0476. The van der Waals surface area contributed by atoms with Gasteiger partial charge >= 0.3 is 0 Å². The van der Waals surface area contributed by atoms with Crippen LogP contribution < -0.4 is 10.6 Å². The lowest BCUT2D eigenvalue weighted by Gasteiger charge is -2.11. The summed E-state index contributed by atoms with van der Waals surface area (Å²) in [6, 6.07) is 19.6. The van der Waals surface area contributed by atoms with Crippen molar-refractivity contribution in [3.8, 4) is 0 Å². The zero-order chi connectivity index (χ0) is 19.1. The van der Waals surface area contributed by atoms with Gasteiger partial charge in [0.15, 0.2) is 0 Å². The predicted octanol–water partition coefficient (Wildman–Crippen LogP) is 4.41. The third-order valence-corrected chi connectivity index (χ3v) is 4.41. The highest BCUT2D eigenvalue weighted by Gasteiger charge is 2.15. The third kappa shape index (κ3) is 5.12. The fourth-order valence-electron chi connectivity index (χ4n) is 2.36. The number of benzene rings is 2. The van der Waals surface area contributed by atoms with Crippen LogP contribution in [0.2, 0.25) is 0 Å². The molecule has 0 spiro atoms. The molecule has 0 unspecified atom stereocenters. The van der Waals surface area contributed by atoms with Crippen LogP contribution in [0, 0.1) is 0 Å². The average molecular weight is 378 g/mol. The van der Waals surface area contributed by atoms with E-state index in [9.17, 15) is 9.59 Å². The van der Waals surface area contributed by atoms with E-state index >= 15 is 0 Å². The van der Waals surface area contributed by atoms with E-state index in [-0.39, 0.29) is 11.6 Å². The molecule has 0 fully saturated rings. The Morgan fingerprint density at radius 3 is 2.52 bits per heavy atom. The Bertz CT molecular complexity index is 951. The number of anilines is 1. The van der Waals surface area contributed by atoms with E-state index in [4.69, 9.17) is 4.42 Å². The molecule has 136 valence electrons. The SMILES string of the molecule is CSc1cccc(NC(=O)C(=Cc2ccco2)NC(=O)c2ccccc2)c1. The summed E-state index contributed by atoms with van der Waals surface area (Å²) in [5.41, 5.74) is 1.19. The van der Waals surface area contributed by atoms with Crippen molar-refractivity contribution >= 4 is 35.3 Å². The van der Waals surface area contributed by atoms with Crippen molar-refractivity contribution in [3.05, 3.63) is 90.0 Å². The number of rotatable bonds is 6. The van der Waals surface area contributed by atoms with E-state index in [0.717, 1.165) is 4.90 Å². The van der Waals surface area contributed by atoms with Crippen LogP contribution in [0.3, 0.4) is 0 Å². The first-order valence-corrected chi connectivity index (χ1v) is 9.45. The molecule has 5 nitrogen and oxygen atoms in total. The Morgan fingerprint density at radius 1 is 1.00 bits per heavy atom. The number of nitrogens with one attached hydrogen (secondary N) is 2. The lowest BCUT2D eigenvalue weighted by Crippen LogP contribution is -2.30. The molecule has 0 atom stereocenters. The van der Waals surface area contributed by atoms with E-state index in [2.05, 4.69) is 10.6 Å². The van der Waals surface area contributed by atoms with Gasteiger partial charge in [0.2, 0.25) is 0 Å². The largest absolute Gasteiger partial charge is 0.465 e. The van der Waals surface area contributed by atoms with Crippen molar-refractivity contribution in [1.82, 2.24) is 5.32 Å². The summed E-state index contributed by atoms with van der Waals surface area (Å²) >= 11 is 1.58. The van der Waals surface area contributed by atoms with Crippen molar-refractivity contribution in [2.75, 3.05) is 11.6 Å². The molecule has 0 bridgehead atoms. The molecule has 2 aromatic carbocycles. The summed E-state index contributed by atoms with van der Waals surface area (Å²) in [5.74, 6) is -0.346. The molecule has 27 heavy (non-hydrogen) atoms. The van der Waals surface area contributed by atoms with Crippen LogP contribution in [0.4, 0.5) is 5.69 Å². The predicted molar refractivity (Wildman–Crippen MR) is 107 cm³/mol. The minimum atomic E-state index is -0.436. The zero-order valence-corrected chi connectivity index (χ0v) is 15.5. The Hall–Kier alpha value is -3.25. The normalized spacial score (nSPS) is 11.1. The Labute approximate surface area is 161 Å². The number of carbonyl (C=O) groups excluding carboxylic acids is 2. The maximum atomic E-state index is 12.8. The number of furan rings is 1. The summed E-state index contributed by atoms with van der Waals surface area (Å²) in [4.78, 5) is 26.3. The summed E-state index contributed by atoms with van der Waals surface area (Å²) in [7, 11) is 0. The maximum absolute atomic E-state index is 12.8. The van der Waals surface area contributed by atoms with Crippen LogP contribution in [0.1, 0.15) is 16.1 Å². The van der Waals surface area contributed by atoms with Crippen molar-refractivity contribution < 1.29 is 14.0 Å². The highest BCUT2D eigenvalue weighted by Crippen LogP contribution is 2.19. The summed E-state index contributed by atoms with van der Waals surface area (Å²) < 4.78 is 5.28. The molecule has 0 saturated carbocycles. The molecule has 0 radical (unpaired) electrons. The second-order valence-electron chi connectivity index (χ2n) is 5.58. The van der Waals surface area contributed by atoms with Gasteiger partial charge in [-0.25, -0.2) is 0 Å². The first kappa shape index (κ1) is 18.5. The highest BCUT2D eigenvalue weighted by molar-refractivity contribution is 7.98. The van der Waals surface area contributed by atoms with Crippen molar-refractivity contribution in [3.63, 3.8) is 0 Å². The van der Waals surface area contributed by atoms with E-state index in [1.54, 1.807) is 54.2 Å². The molecule has 2 N–H and O–H groups in total. The summed E-state index contributed by atoms with van der Waals surface area (Å²) in [6.07, 6.45) is 4.96. The minimum Gasteiger partial charge on any atom is -0.465 e. The third-order valence-electron chi connectivity index (χ3n) is 3.69. The van der Waals surface area contributed by atoms with E-state index in [1.807, 2.05) is 30.5 Å². The molecule has 1 heterocycles. The van der Waals surface area contributed by atoms with Gasteiger partial charge in [-0.1, -0.05) is 24.3 Å². The lowest BCUT2D eigenvalue weighted by molar-refractivity contribution is -0.113. The molecule has 1 aromatic heterocycles. The lowest BCUT2D eigenvalue weighted by atomic mass is 10.2. The number of amides is 2. The smallest absolute Gasteiger partial charge is 0.272 e. The van der Waals surface area contributed by atoms with E-state index < -0.39 is 5.91 Å². The summed E-state index contributed by atoms with van der Waals surface area (Å²) in [5, 5.41) is 5.47. The number of carbonyl (C=O) groups is 2. The van der Waals surface area contributed by atoms with Gasteiger partial charge in [-0.2, -0.15) is 0 Å². The minimum absolute atomic E-state index is 0.0911. The molecule has 6 heteroatoms. The molecule has 0 saturated heterocycles. The first-order chi connectivity index (χ1) is 13.2. The highest BCUT2D eigenvalue weighted by atomic mass is 32.2. The van der Waals surface area contributed by atoms with Crippen LogP contribution in [-0.4, -0.2) is 18.1 Å². The van der Waals surface area contributed by atoms with Crippen molar-refractivity contribution in [2.45, 2.75) is 4.90 Å². The van der Waals surface area contributed by atoms with E-state index in [0.29, 0.717) is 17.0 Å². The Kier molecular flexibility index (Phi) is 6.12. The van der Waals surface area contributed by atoms with E-state index in [1.165, 1.54) is 12.3 Å². The second-order valence-corrected chi connectivity index (χ2v) is 6.46. The van der Waals surface area contributed by atoms with Gasteiger partial charge in [0.1, 0.15) is 11.5 Å². The number of hydrogen-bond acceptors (Lipinski definition) is 4. The summed E-state index contributed by atoms with van der Waals surface area (Å²) in [6.45, 7) is 0. The van der Waals surface area contributed by atoms with Crippen LogP contribution in [0.15, 0.2) is 88.0 Å². The average Bonchev–Trinajstić information content (AvgIpc) is 3.21. The van der Waals surface area contributed by atoms with Gasteiger partial charge in [0.25, 0.3) is 11.8 Å². The van der Waals surface area contributed by atoms with Gasteiger partial charge in [-0.3, -0.25) is 9.59 Å². The maximum Gasteiger partial charge on any atom is 0.272 e. The van der Waals surface area contributed by atoms with Gasteiger partial charge < -0.3 is 15.1 Å². The molecular formula is C21H18N2O3S. The quantitative estimate of drug-likeness (QED) is 0.492. The molecule has 3 aromatic rings. The van der Waals surface area contributed by atoms with Crippen LogP contribution in [0.5, 0.6) is 0 Å². The molecule has 0 aliphatic rings. The van der Waals surface area contributed by atoms with Gasteiger partial charge in [0.05, 0.1) is 6.26 Å². The molecule has 0 aliphatic carbocycles. The molecular weight excluding hydrogens is 360 g/mol. The van der Waals surface area contributed by atoms with Crippen LogP contribution in [0.25, 0.3) is 6.08 Å². The zero-order valence-electron chi connectivity index (χ0n) is 14.6. The molecule has 0 aliphatic heterocycles. The fourth-order valence-corrected chi connectivity index (χ4v) is 2.82. The molecule has 2 amide bonds. The van der Waals surface area contributed by atoms with Gasteiger partial charge in [-0.15, -0.1) is 11.8 Å². The first-order valence-electron chi connectivity index (χ1n) is 8.23. The van der Waals surface area contributed by atoms with Crippen molar-refractivity contribution in [2.24, 2.45) is 0 Å².